The van der Waals surface area contributed by atoms with E-state index in [-0.39, 0.29) is 5.91 Å². The van der Waals surface area contributed by atoms with Crippen LogP contribution in [0.15, 0.2) is 29.0 Å². The molecule has 0 aromatic carbocycles. The summed E-state index contributed by atoms with van der Waals surface area (Å²) in [5.41, 5.74) is 1.17. The predicted molar refractivity (Wildman–Crippen MR) is 81.9 cm³/mol. The van der Waals surface area contributed by atoms with Gasteiger partial charge >= 0.3 is 0 Å². The molecule has 0 aliphatic carbocycles. The van der Waals surface area contributed by atoms with Crippen molar-refractivity contribution in [2.45, 2.75) is 19.8 Å². The third-order valence-electron chi connectivity index (χ3n) is 3.56. The number of likely N-dealkylation sites (tertiary alicyclic amines) is 1. The molecule has 1 aliphatic heterocycles. The van der Waals surface area contributed by atoms with Crippen molar-refractivity contribution >= 4 is 28.6 Å². The highest BCUT2D eigenvalue weighted by Crippen LogP contribution is 2.30. The van der Waals surface area contributed by atoms with Crippen molar-refractivity contribution in [2.75, 3.05) is 13.1 Å². The minimum atomic E-state index is 0.208. The summed E-state index contributed by atoms with van der Waals surface area (Å²) in [5, 5.41) is 4.16. The molecular formula is C15H17NOS2. The Morgan fingerprint density at radius 3 is 3.05 bits per heavy atom. The zero-order valence-corrected chi connectivity index (χ0v) is 12.6. The van der Waals surface area contributed by atoms with Gasteiger partial charge < -0.3 is 4.90 Å². The molecule has 3 heterocycles. The van der Waals surface area contributed by atoms with Crippen LogP contribution in [0.25, 0.3) is 10.4 Å². The Bertz CT molecular complexity index is 558. The number of piperidine rings is 1. The summed E-state index contributed by atoms with van der Waals surface area (Å²) in [6.07, 6.45) is 2.38. The van der Waals surface area contributed by atoms with Crippen molar-refractivity contribution < 1.29 is 4.79 Å². The van der Waals surface area contributed by atoms with Crippen LogP contribution in [0.1, 0.15) is 29.4 Å². The van der Waals surface area contributed by atoms with E-state index in [0.29, 0.717) is 5.92 Å². The number of hydrogen-bond acceptors (Lipinski definition) is 3. The average Bonchev–Trinajstić information content (AvgIpc) is 3.08. The Hall–Kier alpha value is -1.13. The summed E-state index contributed by atoms with van der Waals surface area (Å²) < 4.78 is 0. The minimum Gasteiger partial charge on any atom is -0.338 e. The van der Waals surface area contributed by atoms with Crippen molar-refractivity contribution in [3.8, 4) is 10.4 Å². The SMILES string of the molecule is C[C@H]1CCCN(C(=O)c2cc(-c3cccs3)cs2)C1. The first-order valence-corrected chi connectivity index (χ1v) is 8.41. The molecule has 1 fully saturated rings. The van der Waals surface area contributed by atoms with E-state index in [2.05, 4.69) is 23.8 Å². The van der Waals surface area contributed by atoms with Gasteiger partial charge in [-0.2, -0.15) is 0 Å². The first kappa shape index (κ1) is 12.9. The smallest absolute Gasteiger partial charge is 0.263 e. The second-order valence-electron chi connectivity index (χ2n) is 5.18. The largest absolute Gasteiger partial charge is 0.338 e. The topological polar surface area (TPSA) is 20.3 Å². The lowest BCUT2D eigenvalue weighted by Gasteiger charge is -2.30. The summed E-state index contributed by atoms with van der Waals surface area (Å²) in [5.74, 6) is 0.841. The predicted octanol–water partition coefficient (Wildman–Crippen LogP) is 4.35. The zero-order chi connectivity index (χ0) is 13.2. The number of hydrogen-bond donors (Lipinski definition) is 0. The molecule has 2 aromatic rings. The number of carbonyl (C=O) groups excluding carboxylic acids is 1. The molecule has 0 radical (unpaired) electrons. The van der Waals surface area contributed by atoms with Gasteiger partial charge in [-0.1, -0.05) is 13.0 Å². The van der Waals surface area contributed by atoms with E-state index in [9.17, 15) is 4.79 Å². The van der Waals surface area contributed by atoms with E-state index < -0.39 is 0 Å². The van der Waals surface area contributed by atoms with E-state index in [1.54, 1.807) is 22.7 Å². The van der Waals surface area contributed by atoms with Gasteiger partial charge in [0.2, 0.25) is 0 Å². The van der Waals surface area contributed by atoms with E-state index in [0.717, 1.165) is 24.4 Å². The van der Waals surface area contributed by atoms with Gasteiger partial charge in [-0.05, 0) is 36.3 Å². The van der Waals surface area contributed by atoms with Crippen LogP contribution >= 0.6 is 22.7 Å². The number of rotatable bonds is 2. The van der Waals surface area contributed by atoms with Gasteiger partial charge in [0, 0.05) is 28.9 Å². The average molecular weight is 291 g/mol. The lowest BCUT2D eigenvalue weighted by atomic mass is 10.0. The van der Waals surface area contributed by atoms with Crippen molar-refractivity contribution in [3.05, 3.63) is 33.8 Å². The molecule has 1 aliphatic rings. The molecule has 19 heavy (non-hydrogen) atoms. The molecule has 0 N–H and O–H groups in total. The second kappa shape index (κ2) is 5.47. The van der Waals surface area contributed by atoms with E-state index in [1.165, 1.54) is 16.9 Å². The Balaban J connectivity index is 1.77. The number of nitrogens with zero attached hydrogens (tertiary/aromatic N) is 1. The van der Waals surface area contributed by atoms with Gasteiger partial charge in [-0.25, -0.2) is 0 Å². The van der Waals surface area contributed by atoms with Gasteiger partial charge in [0.1, 0.15) is 0 Å². The standard InChI is InChI=1S/C15H17NOS2/c1-11-4-2-6-16(9-11)15(17)14-8-12(10-19-14)13-5-3-7-18-13/h3,5,7-8,10-11H,2,4,6,9H2,1H3/t11-/m0/s1. The first-order chi connectivity index (χ1) is 9.24. The monoisotopic (exact) mass is 291 g/mol. The molecule has 2 aromatic heterocycles. The van der Waals surface area contributed by atoms with Crippen LogP contribution in [0.3, 0.4) is 0 Å². The Labute approximate surface area is 121 Å². The highest BCUT2D eigenvalue weighted by Gasteiger charge is 2.23. The second-order valence-corrected chi connectivity index (χ2v) is 7.03. The highest BCUT2D eigenvalue weighted by molar-refractivity contribution is 7.15. The van der Waals surface area contributed by atoms with Crippen molar-refractivity contribution in [3.63, 3.8) is 0 Å². The molecule has 0 saturated carbocycles. The third-order valence-corrected chi connectivity index (χ3v) is 5.40. The Morgan fingerprint density at radius 1 is 1.42 bits per heavy atom. The quantitative estimate of drug-likeness (QED) is 0.805. The van der Waals surface area contributed by atoms with Crippen LogP contribution < -0.4 is 0 Å². The Morgan fingerprint density at radius 2 is 2.32 bits per heavy atom. The van der Waals surface area contributed by atoms with E-state index in [4.69, 9.17) is 0 Å². The van der Waals surface area contributed by atoms with Crippen LogP contribution in [-0.2, 0) is 0 Å². The Kier molecular flexibility index (Phi) is 3.71. The van der Waals surface area contributed by atoms with Gasteiger partial charge in [-0.15, -0.1) is 22.7 Å². The molecule has 3 rings (SSSR count). The fourth-order valence-electron chi connectivity index (χ4n) is 2.55. The highest BCUT2D eigenvalue weighted by atomic mass is 32.1. The van der Waals surface area contributed by atoms with Crippen LogP contribution in [0.2, 0.25) is 0 Å². The van der Waals surface area contributed by atoms with Crippen LogP contribution in [0.4, 0.5) is 0 Å². The molecular weight excluding hydrogens is 274 g/mol. The summed E-state index contributed by atoms with van der Waals surface area (Å²) >= 11 is 3.29. The van der Waals surface area contributed by atoms with Gasteiger partial charge in [0.05, 0.1) is 4.88 Å². The van der Waals surface area contributed by atoms with E-state index in [1.807, 2.05) is 17.0 Å². The molecule has 0 bridgehead atoms. The maximum absolute atomic E-state index is 12.5. The maximum atomic E-state index is 12.5. The summed E-state index contributed by atoms with van der Waals surface area (Å²) in [7, 11) is 0. The fraction of sp³-hybridized carbons (Fsp3) is 0.400. The van der Waals surface area contributed by atoms with Gasteiger partial charge in [0.15, 0.2) is 0 Å². The molecule has 4 heteroatoms. The van der Waals surface area contributed by atoms with Gasteiger partial charge in [-0.3, -0.25) is 4.79 Å². The fourth-order valence-corrected chi connectivity index (χ4v) is 4.21. The number of thiophene rings is 2. The molecule has 1 saturated heterocycles. The number of carbonyl (C=O) groups is 1. The number of amides is 1. The normalized spacial score (nSPS) is 19.6. The van der Waals surface area contributed by atoms with E-state index >= 15 is 0 Å². The minimum absolute atomic E-state index is 0.208. The molecule has 100 valence electrons. The van der Waals surface area contributed by atoms with Crippen molar-refractivity contribution in [1.29, 1.82) is 0 Å². The third kappa shape index (κ3) is 2.74. The van der Waals surface area contributed by atoms with Crippen LogP contribution in [0, 0.1) is 5.92 Å². The van der Waals surface area contributed by atoms with Crippen molar-refractivity contribution in [2.24, 2.45) is 5.92 Å². The summed E-state index contributed by atoms with van der Waals surface area (Å²) in [4.78, 5) is 16.6. The van der Waals surface area contributed by atoms with Gasteiger partial charge in [0.25, 0.3) is 5.91 Å². The zero-order valence-electron chi connectivity index (χ0n) is 11.0. The lowest BCUT2D eigenvalue weighted by Crippen LogP contribution is -2.38. The summed E-state index contributed by atoms with van der Waals surface area (Å²) in [6, 6.07) is 6.19. The molecule has 0 unspecified atom stereocenters. The summed E-state index contributed by atoms with van der Waals surface area (Å²) in [6.45, 7) is 4.05. The molecule has 2 nitrogen and oxygen atoms in total. The molecule has 1 atom stereocenters. The van der Waals surface area contributed by atoms with Crippen LogP contribution in [-0.4, -0.2) is 23.9 Å². The maximum Gasteiger partial charge on any atom is 0.263 e. The lowest BCUT2D eigenvalue weighted by molar-refractivity contribution is 0.0688. The van der Waals surface area contributed by atoms with Crippen molar-refractivity contribution in [1.82, 2.24) is 4.90 Å². The van der Waals surface area contributed by atoms with Crippen LogP contribution in [0.5, 0.6) is 0 Å². The first-order valence-electron chi connectivity index (χ1n) is 6.66. The molecule has 0 spiro atoms. The molecule has 1 amide bonds.